The summed E-state index contributed by atoms with van der Waals surface area (Å²) < 4.78 is 23.6. The molecule has 6 nitrogen and oxygen atoms in total. The molecule has 0 atom stereocenters. The van der Waals surface area contributed by atoms with Gasteiger partial charge in [0.25, 0.3) is 5.69 Å². The summed E-state index contributed by atoms with van der Waals surface area (Å²) in [6, 6.07) is 8.63. The highest BCUT2D eigenvalue weighted by Gasteiger charge is 2.35. The first-order chi connectivity index (χ1) is 12.0. The Morgan fingerprint density at radius 2 is 2.00 bits per heavy atom. The SMILES string of the molecule is CCOC(=O)Cc1c2occcc-2c(-c2ccc(F)cc2)c1[N+](=O)[O-]. The zero-order chi connectivity index (χ0) is 18.0. The van der Waals surface area contributed by atoms with Crippen molar-refractivity contribution in [3.8, 4) is 22.5 Å². The summed E-state index contributed by atoms with van der Waals surface area (Å²) in [6.45, 7) is 1.83. The predicted molar refractivity (Wildman–Crippen MR) is 87.7 cm³/mol. The lowest BCUT2D eigenvalue weighted by Crippen LogP contribution is -2.08. The average molecular weight is 343 g/mol. The van der Waals surface area contributed by atoms with Gasteiger partial charge in [0.2, 0.25) is 0 Å². The van der Waals surface area contributed by atoms with E-state index in [9.17, 15) is 19.3 Å². The van der Waals surface area contributed by atoms with Crippen LogP contribution in [0.4, 0.5) is 10.1 Å². The van der Waals surface area contributed by atoms with Gasteiger partial charge in [0.15, 0.2) is 0 Å². The number of benzene rings is 1. The van der Waals surface area contributed by atoms with Crippen LogP contribution in [-0.2, 0) is 16.0 Å². The summed E-state index contributed by atoms with van der Waals surface area (Å²) in [6.07, 6.45) is 1.10. The Bertz CT molecular complexity index is 900. The van der Waals surface area contributed by atoms with E-state index in [1.165, 1.54) is 30.5 Å². The van der Waals surface area contributed by atoms with Gasteiger partial charge in [0, 0.05) is 5.56 Å². The normalized spacial score (nSPS) is 10.8. The van der Waals surface area contributed by atoms with E-state index in [4.69, 9.17) is 9.15 Å². The molecule has 1 heterocycles. The van der Waals surface area contributed by atoms with Crippen molar-refractivity contribution in [2.24, 2.45) is 0 Å². The summed E-state index contributed by atoms with van der Waals surface area (Å²) >= 11 is 0. The number of carbonyl (C=O) groups is 1. The molecular weight excluding hydrogens is 329 g/mol. The van der Waals surface area contributed by atoms with Crippen LogP contribution in [0, 0.1) is 15.9 Å². The summed E-state index contributed by atoms with van der Waals surface area (Å²) in [4.78, 5) is 23.1. The Labute approximate surface area is 142 Å². The van der Waals surface area contributed by atoms with Gasteiger partial charge in [-0.25, -0.2) is 4.39 Å². The largest absolute Gasteiger partial charge is 0.466 e. The second-order valence-corrected chi connectivity index (χ2v) is 5.30. The Hall–Kier alpha value is -3.22. The van der Waals surface area contributed by atoms with Crippen molar-refractivity contribution in [2.75, 3.05) is 6.61 Å². The van der Waals surface area contributed by atoms with Crippen LogP contribution in [-0.4, -0.2) is 17.5 Å². The van der Waals surface area contributed by atoms with E-state index in [2.05, 4.69) is 0 Å². The second kappa shape index (κ2) is 6.72. The highest BCUT2D eigenvalue weighted by molar-refractivity contribution is 5.97. The van der Waals surface area contributed by atoms with Crippen molar-refractivity contribution < 1.29 is 23.3 Å². The number of hydrogen-bond acceptors (Lipinski definition) is 5. The van der Waals surface area contributed by atoms with Crippen LogP contribution >= 0.6 is 0 Å². The van der Waals surface area contributed by atoms with Crippen LogP contribution < -0.4 is 0 Å². The quantitative estimate of drug-likeness (QED) is 0.394. The molecule has 3 rings (SSSR count). The molecule has 0 amide bonds. The lowest BCUT2D eigenvalue weighted by molar-refractivity contribution is -0.384. The van der Waals surface area contributed by atoms with Gasteiger partial charge in [-0.15, -0.1) is 0 Å². The minimum Gasteiger partial charge on any atom is -0.466 e. The number of nitro groups is 1. The highest BCUT2D eigenvalue weighted by atomic mass is 19.1. The first-order valence-corrected chi connectivity index (χ1v) is 7.61. The number of esters is 1. The van der Waals surface area contributed by atoms with E-state index in [-0.39, 0.29) is 30.0 Å². The number of fused-ring (bicyclic) bond motifs is 1. The first-order valence-electron chi connectivity index (χ1n) is 7.61. The molecule has 0 N–H and O–H groups in total. The second-order valence-electron chi connectivity index (χ2n) is 5.30. The molecule has 1 aromatic carbocycles. The number of nitrogens with zero attached hydrogens (tertiary/aromatic N) is 1. The maximum absolute atomic E-state index is 13.2. The Kier molecular flexibility index (Phi) is 4.47. The molecule has 0 radical (unpaired) electrons. The van der Waals surface area contributed by atoms with E-state index in [0.29, 0.717) is 16.7 Å². The molecule has 0 aromatic heterocycles. The summed E-state index contributed by atoms with van der Waals surface area (Å²) in [7, 11) is 0. The third kappa shape index (κ3) is 3.08. The number of rotatable bonds is 5. The molecule has 0 bridgehead atoms. The topological polar surface area (TPSA) is 82.6 Å². The predicted octanol–water partition coefficient (Wildman–Crippen LogP) is 4.20. The van der Waals surface area contributed by atoms with Crippen molar-refractivity contribution in [1.82, 2.24) is 0 Å². The summed E-state index contributed by atoms with van der Waals surface area (Å²) in [5.74, 6) is -0.775. The van der Waals surface area contributed by atoms with Gasteiger partial charge < -0.3 is 9.15 Å². The highest BCUT2D eigenvalue weighted by Crippen LogP contribution is 2.48. The molecule has 128 valence electrons. The molecule has 1 aliphatic heterocycles. The third-order valence-corrected chi connectivity index (χ3v) is 3.78. The molecule has 0 saturated carbocycles. The van der Waals surface area contributed by atoms with Crippen LogP contribution in [0.5, 0.6) is 0 Å². The molecule has 1 aromatic rings. The van der Waals surface area contributed by atoms with E-state index in [1.807, 2.05) is 0 Å². The lowest BCUT2D eigenvalue weighted by Gasteiger charge is -2.03. The van der Waals surface area contributed by atoms with Crippen molar-refractivity contribution in [3.63, 3.8) is 0 Å². The molecule has 0 spiro atoms. The maximum Gasteiger partial charge on any atom is 0.310 e. The van der Waals surface area contributed by atoms with Gasteiger partial charge in [0.05, 0.1) is 35.3 Å². The molecular formula is C18H14FNO5. The fraction of sp³-hybridized carbons (Fsp3) is 0.167. The van der Waals surface area contributed by atoms with Crippen molar-refractivity contribution in [3.05, 3.63) is 64.2 Å². The molecule has 0 fully saturated rings. The molecule has 7 heteroatoms. The van der Waals surface area contributed by atoms with E-state index >= 15 is 0 Å². The number of carbonyl (C=O) groups excluding carboxylic acids is 1. The van der Waals surface area contributed by atoms with Gasteiger partial charge in [-0.3, -0.25) is 14.9 Å². The number of hydrogen-bond donors (Lipinski definition) is 0. The fourth-order valence-corrected chi connectivity index (χ4v) is 2.83. The molecule has 0 unspecified atom stereocenters. The van der Waals surface area contributed by atoms with E-state index in [1.54, 1.807) is 19.1 Å². The third-order valence-electron chi connectivity index (χ3n) is 3.78. The minimum absolute atomic E-state index is 0.151. The van der Waals surface area contributed by atoms with Gasteiger partial charge >= 0.3 is 5.97 Å². The zero-order valence-electron chi connectivity index (χ0n) is 13.3. The summed E-state index contributed by atoms with van der Waals surface area (Å²) in [5.41, 5.74) is 1.17. The standard InChI is InChI=1S/C18H14FNO5/c1-2-24-15(21)10-14-17(20(22)23)16(11-5-7-12(19)8-6-11)13-4-3-9-25-18(13)14/h3-9H,2,10H2,1H3. The first kappa shape index (κ1) is 16.6. The van der Waals surface area contributed by atoms with Crippen LogP contribution in [0.25, 0.3) is 22.5 Å². The fourth-order valence-electron chi connectivity index (χ4n) is 2.83. The van der Waals surface area contributed by atoms with Crippen LogP contribution in [0.1, 0.15) is 12.5 Å². The molecule has 1 aliphatic carbocycles. The van der Waals surface area contributed by atoms with Crippen molar-refractivity contribution >= 4 is 11.7 Å². The molecule has 0 saturated heterocycles. The monoisotopic (exact) mass is 343 g/mol. The average Bonchev–Trinajstić information content (AvgIpc) is 2.90. The van der Waals surface area contributed by atoms with Crippen LogP contribution in [0.3, 0.4) is 0 Å². The Balaban J connectivity index is 2.25. The van der Waals surface area contributed by atoms with Crippen molar-refractivity contribution in [1.29, 1.82) is 0 Å². The lowest BCUT2D eigenvalue weighted by atomic mass is 10.0. The maximum atomic E-state index is 13.2. The van der Waals surface area contributed by atoms with E-state index < -0.39 is 16.7 Å². The minimum atomic E-state index is -0.581. The number of ether oxygens (including phenoxy) is 1. The van der Waals surface area contributed by atoms with Gasteiger partial charge in [0.1, 0.15) is 11.6 Å². The van der Waals surface area contributed by atoms with Crippen LogP contribution in [0.2, 0.25) is 0 Å². The number of halogens is 1. The molecule has 2 aliphatic rings. The smallest absolute Gasteiger partial charge is 0.310 e. The van der Waals surface area contributed by atoms with Gasteiger partial charge in [-0.05, 0) is 36.8 Å². The van der Waals surface area contributed by atoms with Crippen molar-refractivity contribution in [2.45, 2.75) is 13.3 Å². The Morgan fingerprint density at radius 3 is 2.64 bits per heavy atom. The van der Waals surface area contributed by atoms with Crippen LogP contribution in [0.15, 0.2) is 47.1 Å². The Morgan fingerprint density at radius 1 is 1.28 bits per heavy atom. The van der Waals surface area contributed by atoms with E-state index in [0.717, 1.165) is 0 Å². The van der Waals surface area contributed by atoms with Gasteiger partial charge in [-0.2, -0.15) is 0 Å². The summed E-state index contributed by atoms with van der Waals surface area (Å²) in [5, 5.41) is 11.7. The van der Waals surface area contributed by atoms with Gasteiger partial charge in [-0.1, -0.05) is 12.1 Å². The zero-order valence-corrected chi connectivity index (χ0v) is 13.3. The molecule has 25 heavy (non-hydrogen) atoms.